The lowest BCUT2D eigenvalue weighted by molar-refractivity contribution is -0.145. The molecule has 1 aliphatic carbocycles. The van der Waals surface area contributed by atoms with E-state index in [2.05, 4.69) is 6.07 Å². The van der Waals surface area contributed by atoms with Crippen molar-refractivity contribution in [2.75, 3.05) is 14.2 Å². The summed E-state index contributed by atoms with van der Waals surface area (Å²) in [5.74, 6) is 0.832. The van der Waals surface area contributed by atoms with Gasteiger partial charge >= 0.3 is 5.97 Å². The predicted octanol–water partition coefficient (Wildman–Crippen LogP) is 1.97. The number of carbonyl (C=O) groups excluding carboxylic acids is 1. The van der Waals surface area contributed by atoms with Crippen LogP contribution in [0.2, 0.25) is 0 Å². The molecule has 16 heavy (non-hydrogen) atoms. The lowest BCUT2D eigenvalue weighted by Gasteiger charge is -2.24. The van der Waals surface area contributed by atoms with E-state index in [0.717, 1.165) is 25.0 Å². The molecule has 0 aliphatic heterocycles. The molecule has 0 heterocycles. The molecule has 86 valence electrons. The molecule has 1 aliphatic rings. The van der Waals surface area contributed by atoms with Crippen molar-refractivity contribution in [3.63, 3.8) is 0 Å². The molecule has 0 N–H and O–H groups in total. The van der Waals surface area contributed by atoms with Gasteiger partial charge in [0.15, 0.2) is 0 Å². The second-order valence-electron chi connectivity index (χ2n) is 4.06. The minimum atomic E-state index is -0.103. The molecule has 0 aromatic heterocycles. The lowest BCUT2D eigenvalue weighted by atomic mass is 9.83. The number of ether oxygens (including phenoxy) is 2. The maximum Gasteiger partial charge on any atom is 0.309 e. The van der Waals surface area contributed by atoms with Crippen LogP contribution in [0, 0.1) is 5.92 Å². The molecule has 1 aromatic carbocycles. The lowest BCUT2D eigenvalue weighted by Crippen LogP contribution is -2.23. The highest BCUT2D eigenvalue weighted by Gasteiger charge is 2.26. The van der Waals surface area contributed by atoms with Crippen LogP contribution in [0.15, 0.2) is 18.2 Å². The highest BCUT2D eigenvalue weighted by molar-refractivity contribution is 5.73. The molecular formula is C13H16O3. The predicted molar refractivity (Wildman–Crippen MR) is 60.5 cm³/mol. The summed E-state index contributed by atoms with van der Waals surface area (Å²) in [7, 11) is 3.13. The number of methoxy groups -OCH3 is 2. The van der Waals surface area contributed by atoms with Crippen LogP contribution in [0.3, 0.4) is 0 Å². The first-order chi connectivity index (χ1) is 7.76. The summed E-state index contributed by atoms with van der Waals surface area (Å²) in [4.78, 5) is 11.5. The van der Waals surface area contributed by atoms with Crippen LogP contribution < -0.4 is 4.74 Å². The molecule has 0 unspecified atom stereocenters. The number of carbonyl (C=O) groups is 1. The van der Waals surface area contributed by atoms with Crippen molar-refractivity contribution in [3.05, 3.63) is 29.3 Å². The van der Waals surface area contributed by atoms with Crippen LogP contribution in [0.25, 0.3) is 0 Å². The summed E-state index contributed by atoms with van der Waals surface area (Å²) >= 11 is 0. The molecule has 0 spiro atoms. The van der Waals surface area contributed by atoms with Crippen molar-refractivity contribution < 1.29 is 14.3 Å². The maximum absolute atomic E-state index is 11.5. The molecule has 3 nitrogen and oxygen atoms in total. The molecule has 0 fully saturated rings. The largest absolute Gasteiger partial charge is 0.496 e. The van der Waals surface area contributed by atoms with Gasteiger partial charge in [-0.15, -0.1) is 0 Å². The van der Waals surface area contributed by atoms with E-state index in [1.807, 2.05) is 12.1 Å². The minimum Gasteiger partial charge on any atom is -0.496 e. The number of fused-ring (bicyclic) bond motifs is 1. The van der Waals surface area contributed by atoms with Gasteiger partial charge in [-0.25, -0.2) is 0 Å². The van der Waals surface area contributed by atoms with Gasteiger partial charge < -0.3 is 9.47 Å². The van der Waals surface area contributed by atoms with Gasteiger partial charge in [0.05, 0.1) is 20.1 Å². The Bertz CT molecular complexity index is 398. The Morgan fingerprint density at radius 1 is 1.38 bits per heavy atom. The summed E-state index contributed by atoms with van der Waals surface area (Å²) in [6.07, 6.45) is 2.50. The Hall–Kier alpha value is -1.51. The number of esters is 1. The number of hydrogen-bond acceptors (Lipinski definition) is 3. The highest BCUT2D eigenvalue weighted by Crippen LogP contribution is 2.32. The van der Waals surface area contributed by atoms with Crippen molar-refractivity contribution in [2.24, 2.45) is 5.92 Å². The summed E-state index contributed by atoms with van der Waals surface area (Å²) in [6.45, 7) is 0. The van der Waals surface area contributed by atoms with Gasteiger partial charge in [-0.1, -0.05) is 12.1 Å². The third-order valence-electron chi connectivity index (χ3n) is 3.19. The van der Waals surface area contributed by atoms with Crippen LogP contribution in [0.4, 0.5) is 0 Å². The fourth-order valence-corrected chi connectivity index (χ4v) is 2.33. The van der Waals surface area contributed by atoms with Crippen molar-refractivity contribution >= 4 is 5.97 Å². The first-order valence-corrected chi connectivity index (χ1v) is 5.49. The zero-order valence-corrected chi connectivity index (χ0v) is 9.66. The molecule has 1 atom stereocenters. The van der Waals surface area contributed by atoms with Gasteiger partial charge in [0, 0.05) is 0 Å². The van der Waals surface area contributed by atoms with Gasteiger partial charge in [0.2, 0.25) is 0 Å². The van der Waals surface area contributed by atoms with Crippen molar-refractivity contribution in [2.45, 2.75) is 19.3 Å². The van der Waals surface area contributed by atoms with Crippen LogP contribution in [0.1, 0.15) is 17.5 Å². The summed E-state index contributed by atoms with van der Waals surface area (Å²) in [5.41, 5.74) is 2.45. The topological polar surface area (TPSA) is 35.5 Å². The number of hydrogen-bond donors (Lipinski definition) is 0. The molecular weight excluding hydrogens is 204 g/mol. The monoisotopic (exact) mass is 220 g/mol. The second-order valence-corrected chi connectivity index (χ2v) is 4.06. The van der Waals surface area contributed by atoms with E-state index < -0.39 is 0 Å². The molecule has 1 aromatic rings. The Kier molecular flexibility index (Phi) is 3.13. The second kappa shape index (κ2) is 4.56. The van der Waals surface area contributed by atoms with Crippen LogP contribution in [-0.4, -0.2) is 20.2 Å². The highest BCUT2D eigenvalue weighted by atomic mass is 16.5. The van der Waals surface area contributed by atoms with Gasteiger partial charge in [0.1, 0.15) is 5.75 Å². The van der Waals surface area contributed by atoms with Crippen LogP contribution >= 0.6 is 0 Å². The van der Waals surface area contributed by atoms with E-state index in [4.69, 9.17) is 9.47 Å². The van der Waals surface area contributed by atoms with Crippen molar-refractivity contribution in [3.8, 4) is 5.75 Å². The molecule has 3 heteroatoms. The number of benzene rings is 1. The van der Waals surface area contributed by atoms with E-state index >= 15 is 0 Å². The van der Waals surface area contributed by atoms with Crippen LogP contribution in [-0.2, 0) is 22.4 Å². The average molecular weight is 220 g/mol. The van der Waals surface area contributed by atoms with Gasteiger partial charge in [-0.3, -0.25) is 4.79 Å². The fraction of sp³-hybridized carbons (Fsp3) is 0.462. The molecule has 0 saturated carbocycles. The smallest absolute Gasteiger partial charge is 0.309 e. The maximum atomic E-state index is 11.5. The molecule has 0 bridgehead atoms. The van der Waals surface area contributed by atoms with Gasteiger partial charge in [-0.05, 0) is 36.5 Å². The summed E-state index contributed by atoms with van der Waals surface area (Å²) in [6, 6.07) is 6.00. The SMILES string of the molecule is COC(=O)[C@@H]1CCc2c(cccc2OC)C1. The molecule has 0 amide bonds. The fourth-order valence-electron chi connectivity index (χ4n) is 2.33. The molecule has 0 saturated heterocycles. The summed E-state index contributed by atoms with van der Waals surface area (Å²) in [5, 5.41) is 0. The van der Waals surface area contributed by atoms with Crippen molar-refractivity contribution in [1.82, 2.24) is 0 Å². The third-order valence-corrected chi connectivity index (χ3v) is 3.19. The first-order valence-electron chi connectivity index (χ1n) is 5.49. The standard InChI is InChI=1S/C13H16O3/c1-15-12-5-3-4-9-8-10(13(14)16-2)6-7-11(9)12/h3-5,10H,6-8H2,1-2H3/t10-/m1/s1. The normalized spacial score (nSPS) is 18.8. The Labute approximate surface area is 95.4 Å². The quantitative estimate of drug-likeness (QED) is 0.715. The zero-order valence-electron chi connectivity index (χ0n) is 9.66. The number of rotatable bonds is 2. The van der Waals surface area contributed by atoms with E-state index in [9.17, 15) is 4.79 Å². The summed E-state index contributed by atoms with van der Waals surface area (Å²) < 4.78 is 10.1. The van der Waals surface area contributed by atoms with E-state index in [0.29, 0.717) is 0 Å². The third kappa shape index (κ3) is 1.90. The van der Waals surface area contributed by atoms with E-state index in [1.165, 1.54) is 18.2 Å². The average Bonchev–Trinajstić information content (AvgIpc) is 2.36. The zero-order chi connectivity index (χ0) is 11.5. The Morgan fingerprint density at radius 2 is 2.19 bits per heavy atom. The first kappa shape index (κ1) is 11.0. The minimum absolute atomic E-state index is 0.00426. The van der Waals surface area contributed by atoms with Gasteiger partial charge in [-0.2, -0.15) is 0 Å². The van der Waals surface area contributed by atoms with Crippen molar-refractivity contribution in [1.29, 1.82) is 0 Å². The Balaban J connectivity index is 2.25. The van der Waals surface area contributed by atoms with E-state index in [1.54, 1.807) is 7.11 Å². The Morgan fingerprint density at radius 3 is 2.88 bits per heavy atom. The molecule has 0 radical (unpaired) electrons. The van der Waals surface area contributed by atoms with Crippen LogP contribution in [0.5, 0.6) is 5.75 Å². The van der Waals surface area contributed by atoms with E-state index in [-0.39, 0.29) is 11.9 Å². The molecule has 2 rings (SSSR count). The van der Waals surface area contributed by atoms with Gasteiger partial charge in [0.25, 0.3) is 0 Å².